The number of nitrogens with zero attached hydrogens (tertiary/aromatic N) is 3. The molecule has 194 valence electrons. The van der Waals surface area contributed by atoms with Crippen LogP contribution in [0.2, 0.25) is 0 Å². The fraction of sp³-hybridized carbons (Fsp3) is 0.720. The second-order valence-corrected chi connectivity index (χ2v) is 11.2. The van der Waals surface area contributed by atoms with Crippen LogP contribution in [0, 0.1) is 11.8 Å². The number of β-amino-alcohol motifs (C(OH)–C–C–N with tert-alkyl or cyclic N) is 1. The number of thioether (sulfide) groups is 1. The molecule has 0 aliphatic carbocycles. The molecule has 2 bridgehead atoms. The van der Waals surface area contributed by atoms with E-state index in [4.69, 9.17) is 9.47 Å². The maximum absolute atomic E-state index is 14.1. The van der Waals surface area contributed by atoms with Crippen molar-refractivity contribution in [2.75, 3.05) is 65.7 Å². The molecule has 4 fully saturated rings. The number of rotatable bonds is 12. The number of fused-ring (bicyclic) bond motifs is 1. The summed E-state index contributed by atoms with van der Waals surface area (Å²) in [7, 11) is 0. The van der Waals surface area contributed by atoms with E-state index >= 15 is 0 Å². The van der Waals surface area contributed by atoms with Crippen molar-refractivity contribution in [2.24, 2.45) is 11.8 Å². The van der Waals surface area contributed by atoms with Crippen LogP contribution in [-0.2, 0) is 23.9 Å². The van der Waals surface area contributed by atoms with Gasteiger partial charge in [-0.25, -0.2) is 0 Å². The minimum atomic E-state index is -0.710. The molecule has 35 heavy (non-hydrogen) atoms. The van der Waals surface area contributed by atoms with Crippen LogP contribution >= 0.6 is 11.8 Å². The van der Waals surface area contributed by atoms with Gasteiger partial charge in [-0.3, -0.25) is 19.3 Å². The first-order valence-corrected chi connectivity index (χ1v) is 13.4. The molecule has 2 unspecified atom stereocenters. The topological polar surface area (TPSA) is 99.6 Å². The molecule has 0 aromatic heterocycles. The fourth-order valence-electron chi connectivity index (χ4n) is 6.09. The second-order valence-electron chi connectivity index (χ2n) is 9.58. The lowest BCUT2D eigenvalue weighted by atomic mass is 9.71. The number of aliphatic hydroxyl groups excluding tert-OH is 1. The third-order valence-electron chi connectivity index (χ3n) is 7.66. The van der Waals surface area contributed by atoms with E-state index in [9.17, 15) is 19.5 Å². The summed E-state index contributed by atoms with van der Waals surface area (Å²) in [6.07, 6.45) is 5.41. The smallest absolute Gasteiger partial charge is 0.310 e. The Balaban J connectivity index is 1.57. The van der Waals surface area contributed by atoms with Crippen LogP contribution in [0.4, 0.5) is 0 Å². The summed E-state index contributed by atoms with van der Waals surface area (Å²) in [5, 5.41) is 9.71. The van der Waals surface area contributed by atoms with Crippen molar-refractivity contribution in [3.63, 3.8) is 0 Å². The lowest BCUT2D eigenvalue weighted by Gasteiger charge is -2.38. The lowest BCUT2D eigenvalue weighted by molar-refractivity contribution is -0.154. The molecule has 1 N–H and O–H groups in total. The van der Waals surface area contributed by atoms with Crippen LogP contribution in [0.3, 0.4) is 0 Å². The van der Waals surface area contributed by atoms with E-state index in [1.54, 1.807) is 28.8 Å². The molecule has 4 saturated heterocycles. The van der Waals surface area contributed by atoms with E-state index in [0.717, 1.165) is 19.5 Å². The minimum absolute atomic E-state index is 0.0343. The molecule has 4 rings (SSSR count). The molecule has 0 saturated carbocycles. The number of aliphatic hydroxyl groups is 1. The van der Waals surface area contributed by atoms with Crippen LogP contribution in [0.25, 0.3) is 0 Å². The molecule has 4 aliphatic rings. The number of esters is 1. The first kappa shape index (κ1) is 26.2. The van der Waals surface area contributed by atoms with Gasteiger partial charge in [0.15, 0.2) is 0 Å². The standard InChI is InChI=1S/C25H37N3O6S/c1-3-5-15-34-24(32)19-18-6-7-25(35-18)20(19)22(30)28(11-14-29)21(25)23(31)27(8-4-2)10-9-26-12-16-33-17-13-26/h3-4,18-21,29H,1-2,5-17H2/t18-,19+,20+,21?,25?/m1/s1. The van der Waals surface area contributed by atoms with E-state index in [0.29, 0.717) is 45.7 Å². The summed E-state index contributed by atoms with van der Waals surface area (Å²) in [6.45, 7) is 12.2. The van der Waals surface area contributed by atoms with Gasteiger partial charge in [0.25, 0.3) is 0 Å². The van der Waals surface area contributed by atoms with Gasteiger partial charge in [0, 0.05) is 44.5 Å². The number of carbonyl (C=O) groups excluding carboxylic acids is 3. The van der Waals surface area contributed by atoms with E-state index in [2.05, 4.69) is 18.1 Å². The van der Waals surface area contributed by atoms with Gasteiger partial charge in [-0.05, 0) is 19.3 Å². The van der Waals surface area contributed by atoms with Gasteiger partial charge in [-0.1, -0.05) is 12.2 Å². The molecule has 10 heteroatoms. The van der Waals surface area contributed by atoms with Crippen LogP contribution in [0.1, 0.15) is 19.3 Å². The molecule has 4 heterocycles. The largest absolute Gasteiger partial charge is 0.465 e. The summed E-state index contributed by atoms with van der Waals surface area (Å²) in [5.41, 5.74) is 0. The van der Waals surface area contributed by atoms with Gasteiger partial charge in [0.2, 0.25) is 11.8 Å². The molecule has 9 nitrogen and oxygen atoms in total. The first-order valence-electron chi connectivity index (χ1n) is 12.5. The van der Waals surface area contributed by atoms with E-state index in [1.807, 2.05) is 0 Å². The van der Waals surface area contributed by atoms with Crippen LogP contribution in [0.5, 0.6) is 0 Å². The van der Waals surface area contributed by atoms with Crippen molar-refractivity contribution in [3.8, 4) is 0 Å². The Kier molecular flexibility index (Phi) is 8.57. The summed E-state index contributed by atoms with van der Waals surface area (Å²) >= 11 is 1.61. The Labute approximate surface area is 211 Å². The van der Waals surface area contributed by atoms with Crippen molar-refractivity contribution in [1.82, 2.24) is 14.7 Å². The second kappa shape index (κ2) is 11.5. The van der Waals surface area contributed by atoms with Gasteiger partial charge in [-0.15, -0.1) is 24.9 Å². The van der Waals surface area contributed by atoms with Crippen molar-refractivity contribution in [1.29, 1.82) is 0 Å². The molecular weight excluding hydrogens is 470 g/mol. The third kappa shape index (κ3) is 4.90. The SMILES string of the molecule is C=CCCOC(=O)[C@@H]1[C@H]2C(=O)N(CCO)C(C(=O)N(CC=C)CCN3CCOCC3)C23CC[C@H]1S3. The number of amides is 2. The summed E-state index contributed by atoms with van der Waals surface area (Å²) in [4.78, 5) is 46.3. The molecule has 0 radical (unpaired) electrons. The predicted octanol–water partition coefficient (Wildman–Crippen LogP) is 0.536. The Morgan fingerprint density at radius 1 is 1.26 bits per heavy atom. The molecular formula is C25H37N3O6S. The highest BCUT2D eigenvalue weighted by Gasteiger charge is 2.74. The maximum atomic E-state index is 14.1. The summed E-state index contributed by atoms with van der Waals surface area (Å²) in [5.74, 6) is -1.88. The van der Waals surface area contributed by atoms with Crippen LogP contribution < -0.4 is 0 Å². The first-order chi connectivity index (χ1) is 17.0. The number of ether oxygens (including phenoxy) is 2. The van der Waals surface area contributed by atoms with Gasteiger partial charge < -0.3 is 24.4 Å². The number of hydrogen-bond donors (Lipinski definition) is 1. The van der Waals surface area contributed by atoms with Gasteiger partial charge in [0.05, 0.1) is 43.0 Å². The van der Waals surface area contributed by atoms with Gasteiger partial charge >= 0.3 is 5.97 Å². The van der Waals surface area contributed by atoms with Crippen molar-refractivity contribution < 1.29 is 29.0 Å². The zero-order chi connectivity index (χ0) is 25.0. The number of likely N-dealkylation sites (tertiary alicyclic amines) is 1. The zero-order valence-corrected chi connectivity index (χ0v) is 21.1. The van der Waals surface area contributed by atoms with Crippen LogP contribution in [0.15, 0.2) is 25.3 Å². The maximum Gasteiger partial charge on any atom is 0.310 e. The third-order valence-corrected chi connectivity index (χ3v) is 9.62. The molecule has 0 aromatic carbocycles. The van der Waals surface area contributed by atoms with E-state index in [-0.39, 0.29) is 42.8 Å². The highest BCUT2D eigenvalue weighted by molar-refractivity contribution is 8.02. The Morgan fingerprint density at radius 2 is 2.03 bits per heavy atom. The Hall–Kier alpha value is -1.88. The van der Waals surface area contributed by atoms with Gasteiger partial charge in [0.1, 0.15) is 6.04 Å². The fourth-order valence-corrected chi connectivity index (χ4v) is 8.30. The normalized spacial score (nSPS) is 31.9. The van der Waals surface area contributed by atoms with E-state index < -0.39 is 22.6 Å². The predicted molar refractivity (Wildman–Crippen MR) is 133 cm³/mol. The Morgan fingerprint density at radius 3 is 2.71 bits per heavy atom. The van der Waals surface area contributed by atoms with Crippen LogP contribution in [-0.4, -0.2) is 119 Å². The average molecular weight is 508 g/mol. The minimum Gasteiger partial charge on any atom is -0.465 e. The highest BCUT2D eigenvalue weighted by Crippen LogP contribution is 2.66. The highest BCUT2D eigenvalue weighted by atomic mass is 32.2. The monoisotopic (exact) mass is 507 g/mol. The quantitative estimate of drug-likeness (QED) is 0.232. The summed E-state index contributed by atoms with van der Waals surface area (Å²) in [6, 6.07) is -0.710. The Bertz CT molecular complexity index is 834. The molecule has 0 aromatic rings. The number of morpholine rings is 1. The molecule has 4 aliphatic heterocycles. The van der Waals surface area contributed by atoms with Crippen molar-refractivity contribution in [3.05, 3.63) is 25.3 Å². The number of hydrogen-bond acceptors (Lipinski definition) is 8. The zero-order valence-electron chi connectivity index (χ0n) is 20.3. The van der Waals surface area contributed by atoms with Gasteiger partial charge in [-0.2, -0.15) is 0 Å². The summed E-state index contributed by atoms with van der Waals surface area (Å²) < 4.78 is 10.2. The lowest BCUT2D eigenvalue weighted by Crippen LogP contribution is -2.56. The molecule has 5 atom stereocenters. The van der Waals surface area contributed by atoms with E-state index in [1.165, 1.54) is 4.90 Å². The molecule has 2 amide bonds. The van der Waals surface area contributed by atoms with Crippen molar-refractivity contribution in [2.45, 2.75) is 35.3 Å². The molecule has 1 spiro atoms. The average Bonchev–Trinajstić information content (AvgIpc) is 3.50. The van der Waals surface area contributed by atoms with Crippen molar-refractivity contribution >= 4 is 29.5 Å². The number of carbonyl (C=O) groups is 3.